The molecule has 1 aromatic heterocycles. The number of ether oxygens (including phenoxy) is 1. The van der Waals surface area contributed by atoms with Crippen LogP contribution in [0, 0.1) is 0 Å². The lowest BCUT2D eigenvalue weighted by atomic mass is 10.2. The van der Waals surface area contributed by atoms with Crippen LogP contribution in [0.25, 0.3) is 0 Å². The molecule has 1 amide bonds. The second-order valence-electron chi connectivity index (χ2n) is 7.07. The van der Waals surface area contributed by atoms with Gasteiger partial charge in [0.15, 0.2) is 0 Å². The van der Waals surface area contributed by atoms with Crippen LogP contribution in [0.15, 0.2) is 35.5 Å². The van der Waals surface area contributed by atoms with Gasteiger partial charge in [0.05, 0.1) is 17.9 Å². The number of hydrogen-bond donors (Lipinski definition) is 1. The van der Waals surface area contributed by atoms with Crippen molar-refractivity contribution >= 4 is 21.6 Å². The first-order valence-corrected chi connectivity index (χ1v) is 11.6. The number of nitrogens with zero attached hydrogens (tertiary/aromatic N) is 4. The third kappa shape index (κ3) is 4.59. The van der Waals surface area contributed by atoms with Crippen LogP contribution < -0.4 is 15.0 Å². The van der Waals surface area contributed by atoms with Gasteiger partial charge in [0.2, 0.25) is 5.03 Å². The zero-order valence-corrected chi connectivity index (χ0v) is 18.5. The predicted octanol–water partition coefficient (Wildman–Crippen LogP) is 1.47. The largest absolute Gasteiger partial charge is 0.492 e. The summed E-state index contributed by atoms with van der Waals surface area (Å²) in [4.78, 5) is 14.5. The molecule has 1 aromatic carbocycles. The van der Waals surface area contributed by atoms with Gasteiger partial charge in [-0.25, -0.2) is 8.42 Å². The normalized spacial score (nSPS) is 15.2. The Bertz CT molecular complexity index is 981. The van der Waals surface area contributed by atoms with E-state index in [0.717, 1.165) is 17.9 Å². The Morgan fingerprint density at radius 1 is 1.17 bits per heavy atom. The number of sulfonamides is 1. The van der Waals surface area contributed by atoms with Gasteiger partial charge >= 0.3 is 0 Å². The van der Waals surface area contributed by atoms with Crippen molar-refractivity contribution in [1.82, 2.24) is 19.4 Å². The van der Waals surface area contributed by atoms with Gasteiger partial charge in [0.1, 0.15) is 5.75 Å². The third-order valence-electron chi connectivity index (χ3n) is 4.90. The number of aromatic nitrogens is 2. The number of rotatable bonds is 8. The van der Waals surface area contributed by atoms with Crippen molar-refractivity contribution in [2.45, 2.75) is 25.3 Å². The molecule has 1 aliphatic heterocycles. The highest BCUT2D eigenvalue weighted by Crippen LogP contribution is 2.30. The van der Waals surface area contributed by atoms with Crippen LogP contribution in [0.4, 0.5) is 5.69 Å². The minimum atomic E-state index is -3.89. The molecule has 0 atom stereocenters. The fourth-order valence-corrected chi connectivity index (χ4v) is 4.98. The van der Waals surface area contributed by atoms with Gasteiger partial charge in [0.25, 0.3) is 15.9 Å². The highest BCUT2D eigenvalue weighted by atomic mass is 32.2. The number of nitrogens with one attached hydrogen (secondary N) is 1. The Kier molecular flexibility index (Phi) is 6.99. The van der Waals surface area contributed by atoms with Gasteiger partial charge in [-0.3, -0.25) is 9.48 Å². The number of carbonyl (C=O) groups is 1. The van der Waals surface area contributed by atoms with E-state index in [1.54, 1.807) is 7.05 Å². The number of piperazine rings is 1. The van der Waals surface area contributed by atoms with Crippen molar-refractivity contribution in [3.63, 3.8) is 0 Å². The highest BCUT2D eigenvalue weighted by Gasteiger charge is 2.34. The predicted molar refractivity (Wildman–Crippen MR) is 114 cm³/mol. The number of carbonyl (C=O) groups excluding carboxylic acids is 1. The van der Waals surface area contributed by atoms with Crippen LogP contribution in [-0.4, -0.2) is 67.7 Å². The molecule has 1 fully saturated rings. The molecular weight excluding hydrogens is 406 g/mol. The van der Waals surface area contributed by atoms with Crippen molar-refractivity contribution < 1.29 is 17.9 Å². The first kappa shape index (κ1) is 22.1. The topological polar surface area (TPSA) is 96.8 Å². The van der Waals surface area contributed by atoms with E-state index in [9.17, 15) is 13.2 Å². The molecular formula is C20H29N5O4S. The number of aryl methyl sites for hydroxylation is 1. The van der Waals surface area contributed by atoms with E-state index in [1.165, 1.54) is 15.2 Å². The fraction of sp³-hybridized carbons (Fsp3) is 0.500. The smallest absolute Gasteiger partial charge is 0.263 e. The Morgan fingerprint density at radius 3 is 2.53 bits per heavy atom. The second kappa shape index (κ2) is 9.48. The molecule has 2 heterocycles. The molecule has 1 aliphatic rings. The lowest BCUT2D eigenvalue weighted by Crippen LogP contribution is -2.49. The lowest BCUT2D eigenvalue weighted by Gasteiger charge is -2.35. The van der Waals surface area contributed by atoms with Gasteiger partial charge in [-0.05, 0) is 25.5 Å². The lowest BCUT2D eigenvalue weighted by molar-refractivity contribution is 0.0950. The average Bonchev–Trinajstić information content (AvgIpc) is 3.15. The molecule has 10 heteroatoms. The molecule has 0 bridgehead atoms. The molecule has 2 aromatic rings. The van der Waals surface area contributed by atoms with E-state index < -0.39 is 15.9 Å². The summed E-state index contributed by atoms with van der Waals surface area (Å²) in [7, 11) is -2.28. The van der Waals surface area contributed by atoms with E-state index in [2.05, 4.69) is 15.3 Å². The van der Waals surface area contributed by atoms with E-state index in [0.29, 0.717) is 39.3 Å². The molecule has 0 radical (unpaired) electrons. The van der Waals surface area contributed by atoms with Gasteiger partial charge in [0, 0.05) is 46.0 Å². The summed E-state index contributed by atoms with van der Waals surface area (Å²) < 4.78 is 34.9. The minimum Gasteiger partial charge on any atom is -0.492 e. The number of hydrogen-bond acceptors (Lipinski definition) is 6. The summed E-state index contributed by atoms with van der Waals surface area (Å²) in [6.07, 6.45) is 2.21. The number of amides is 1. The van der Waals surface area contributed by atoms with E-state index >= 15 is 0 Å². The molecule has 164 valence electrons. The Morgan fingerprint density at radius 2 is 1.87 bits per heavy atom. The van der Waals surface area contributed by atoms with Crippen LogP contribution in [0.3, 0.4) is 0 Å². The number of anilines is 1. The van der Waals surface area contributed by atoms with Crippen molar-refractivity contribution in [1.29, 1.82) is 0 Å². The van der Waals surface area contributed by atoms with Crippen molar-refractivity contribution in [2.24, 2.45) is 7.05 Å². The summed E-state index contributed by atoms with van der Waals surface area (Å²) in [6.45, 7) is 6.55. The van der Waals surface area contributed by atoms with Crippen molar-refractivity contribution in [3.8, 4) is 5.75 Å². The summed E-state index contributed by atoms with van der Waals surface area (Å²) in [5.41, 5.74) is 1.03. The SMILES string of the molecule is CCCNC(=O)c1cn(C)nc1S(=O)(=O)N1CCN(c2ccccc2OCC)CC1. The second-order valence-corrected chi connectivity index (χ2v) is 8.92. The number of para-hydroxylation sites is 2. The van der Waals surface area contributed by atoms with E-state index in [1.807, 2.05) is 38.1 Å². The Balaban J connectivity index is 1.77. The molecule has 0 spiro atoms. The average molecular weight is 436 g/mol. The van der Waals surface area contributed by atoms with Gasteiger partial charge < -0.3 is 15.0 Å². The van der Waals surface area contributed by atoms with Gasteiger partial charge in [-0.15, -0.1) is 0 Å². The highest BCUT2D eigenvalue weighted by molar-refractivity contribution is 7.89. The first-order valence-electron chi connectivity index (χ1n) is 10.2. The molecule has 3 rings (SSSR count). The first-order chi connectivity index (χ1) is 14.4. The summed E-state index contributed by atoms with van der Waals surface area (Å²) in [6, 6.07) is 7.75. The molecule has 0 saturated carbocycles. The maximum Gasteiger partial charge on any atom is 0.263 e. The van der Waals surface area contributed by atoms with Crippen molar-refractivity contribution in [2.75, 3.05) is 44.2 Å². The Labute approximate surface area is 177 Å². The van der Waals surface area contributed by atoms with Gasteiger partial charge in [-0.1, -0.05) is 19.1 Å². The van der Waals surface area contributed by atoms with Crippen LogP contribution in [-0.2, 0) is 17.1 Å². The quantitative estimate of drug-likeness (QED) is 0.675. The maximum absolute atomic E-state index is 13.2. The van der Waals surface area contributed by atoms with Crippen LogP contribution in [0.1, 0.15) is 30.6 Å². The van der Waals surface area contributed by atoms with Crippen molar-refractivity contribution in [3.05, 3.63) is 36.0 Å². The standard InChI is InChI=1S/C20H29N5O4S/c1-4-10-21-19(26)16-15-23(3)22-20(16)30(27,28)25-13-11-24(12-14-25)17-8-6-7-9-18(17)29-5-2/h6-9,15H,4-5,10-14H2,1-3H3,(H,21,26). The van der Waals surface area contributed by atoms with Gasteiger partial charge in [-0.2, -0.15) is 9.40 Å². The maximum atomic E-state index is 13.2. The zero-order chi connectivity index (χ0) is 21.7. The molecule has 0 unspecified atom stereocenters. The van der Waals surface area contributed by atoms with E-state index in [4.69, 9.17) is 4.74 Å². The Hall–Kier alpha value is -2.59. The zero-order valence-electron chi connectivity index (χ0n) is 17.7. The van der Waals surface area contributed by atoms with E-state index in [-0.39, 0.29) is 10.6 Å². The minimum absolute atomic E-state index is 0.0788. The van der Waals surface area contributed by atoms with Crippen LogP contribution >= 0.6 is 0 Å². The van der Waals surface area contributed by atoms with Crippen LogP contribution in [0.2, 0.25) is 0 Å². The third-order valence-corrected chi connectivity index (χ3v) is 6.74. The summed E-state index contributed by atoms with van der Waals surface area (Å²) in [5.74, 6) is 0.365. The molecule has 1 N–H and O–H groups in total. The summed E-state index contributed by atoms with van der Waals surface area (Å²) >= 11 is 0. The fourth-order valence-electron chi connectivity index (χ4n) is 3.44. The molecule has 0 aliphatic carbocycles. The monoisotopic (exact) mass is 435 g/mol. The van der Waals surface area contributed by atoms with Crippen LogP contribution in [0.5, 0.6) is 5.75 Å². The molecule has 9 nitrogen and oxygen atoms in total. The molecule has 30 heavy (non-hydrogen) atoms. The summed E-state index contributed by atoms with van der Waals surface area (Å²) in [5, 5.41) is 6.63. The molecule has 1 saturated heterocycles. The number of benzene rings is 1.